The number of cyclic esters (lactones) is 1. The second-order valence-corrected chi connectivity index (χ2v) is 12.6. The highest BCUT2D eigenvalue weighted by molar-refractivity contribution is 7.89. The third-order valence-electron chi connectivity index (χ3n) is 6.93. The number of ketones is 1. The number of nitriles is 1. The van der Waals surface area contributed by atoms with Gasteiger partial charge in [-0.15, -0.1) is 0 Å². The smallest absolute Gasteiger partial charge is 0.318 e. The van der Waals surface area contributed by atoms with Crippen LogP contribution in [0.15, 0.2) is 53.4 Å². The van der Waals surface area contributed by atoms with Crippen LogP contribution in [0.3, 0.4) is 0 Å². The van der Waals surface area contributed by atoms with Gasteiger partial charge in [0, 0.05) is 12.5 Å². The molecule has 7 nitrogen and oxygen atoms in total. The minimum Gasteiger partial charge on any atom is -0.450 e. The van der Waals surface area contributed by atoms with E-state index in [9.17, 15) is 18.0 Å². The lowest BCUT2D eigenvalue weighted by molar-refractivity contribution is -0.154. The monoisotopic (exact) mass is 524 g/mol. The van der Waals surface area contributed by atoms with E-state index in [1.54, 1.807) is 6.07 Å². The van der Waals surface area contributed by atoms with Crippen LogP contribution in [0, 0.1) is 22.7 Å². The number of carbonyl (C=O) groups is 2. The molecule has 2 aromatic rings. The molecule has 1 N–H and O–H groups in total. The second kappa shape index (κ2) is 11.2. The van der Waals surface area contributed by atoms with Crippen LogP contribution < -0.4 is 4.72 Å². The Morgan fingerprint density at radius 2 is 1.68 bits per heavy atom. The van der Waals surface area contributed by atoms with E-state index in [1.165, 1.54) is 24.3 Å². The fraction of sp³-hybridized carbons (Fsp3) is 0.483. The Bertz CT molecular complexity index is 1280. The lowest BCUT2D eigenvalue weighted by Gasteiger charge is -2.34. The van der Waals surface area contributed by atoms with E-state index in [0.29, 0.717) is 24.0 Å². The summed E-state index contributed by atoms with van der Waals surface area (Å²) in [4.78, 5) is 27.0. The number of nitrogens with one attached hydrogen (secondary N) is 1. The third kappa shape index (κ3) is 6.11. The first-order valence-corrected chi connectivity index (χ1v) is 14.2. The zero-order chi connectivity index (χ0) is 27.4. The van der Waals surface area contributed by atoms with Gasteiger partial charge in [-0.25, -0.2) is 13.1 Å². The summed E-state index contributed by atoms with van der Waals surface area (Å²) >= 11 is 0. The lowest BCUT2D eigenvalue weighted by Crippen LogP contribution is -2.40. The minimum atomic E-state index is -3.79. The van der Waals surface area contributed by atoms with Crippen LogP contribution in [-0.4, -0.2) is 25.8 Å². The molecule has 0 bridgehead atoms. The summed E-state index contributed by atoms with van der Waals surface area (Å²) in [5, 5.41) is 8.94. The largest absolute Gasteiger partial charge is 0.450 e. The molecule has 2 unspecified atom stereocenters. The zero-order valence-corrected chi connectivity index (χ0v) is 23.0. The first kappa shape index (κ1) is 28.5. The van der Waals surface area contributed by atoms with Crippen molar-refractivity contribution in [2.75, 3.05) is 0 Å². The maximum Gasteiger partial charge on any atom is 0.318 e. The predicted molar refractivity (Wildman–Crippen MR) is 141 cm³/mol. The molecule has 0 saturated carbocycles. The van der Waals surface area contributed by atoms with Gasteiger partial charge in [-0.1, -0.05) is 71.7 Å². The molecule has 0 amide bonds. The van der Waals surface area contributed by atoms with Gasteiger partial charge in [0.05, 0.1) is 16.5 Å². The van der Waals surface area contributed by atoms with Crippen LogP contribution in [0.25, 0.3) is 0 Å². The average molecular weight is 525 g/mol. The molecule has 1 aliphatic rings. The zero-order valence-electron chi connectivity index (χ0n) is 22.2. The van der Waals surface area contributed by atoms with Gasteiger partial charge in [-0.2, -0.15) is 5.26 Å². The molecule has 2 atom stereocenters. The van der Waals surface area contributed by atoms with Crippen molar-refractivity contribution in [2.45, 2.75) is 83.3 Å². The summed E-state index contributed by atoms with van der Waals surface area (Å²) in [5.74, 6) is -1.96. The van der Waals surface area contributed by atoms with E-state index in [4.69, 9.17) is 10.00 Å². The molecule has 3 rings (SSSR count). The summed E-state index contributed by atoms with van der Waals surface area (Å²) in [5.41, 5.74) is 0.372. The molecular weight excluding hydrogens is 488 g/mol. The number of nitrogens with zero attached hydrogens (tertiary/aromatic N) is 1. The highest BCUT2D eigenvalue weighted by Gasteiger charge is 2.58. The first-order chi connectivity index (χ1) is 17.4. The number of rotatable bonds is 10. The predicted octanol–water partition coefficient (Wildman–Crippen LogP) is 5.25. The van der Waals surface area contributed by atoms with E-state index in [-0.39, 0.29) is 17.2 Å². The van der Waals surface area contributed by atoms with Crippen molar-refractivity contribution >= 4 is 21.8 Å². The molecule has 198 valence electrons. The molecule has 0 aliphatic carbocycles. The maximum atomic E-state index is 13.8. The van der Waals surface area contributed by atoms with Gasteiger partial charge in [-0.3, -0.25) is 9.59 Å². The summed E-state index contributed by atoms with van der Waals surface area (Å²) in [6.07, 6.45) is 2.49. The number of ether oxygens (including phenoxy) is 1. The number of hydrogen-bond donors (Lipinski definition) is 1. The highest BCUT2D eigenvalue weighted by Crippen LogP contribution is 2.48. The van der Waals surface area contributed by atoms with E-state index < -0.39 is 38.8 Å². The fourth-order valence-corrected chi connectivity index (χ4v) is 6.34. The molecule has 2 aromatic carbocycles. The molecule has 0 spiro atoms. The van der Waals surface area contributed by atoms with Crippen LogP contribution in [0.2, 0.25) is 0 Å². The number of hydrogen-bond acceptors (Lipinski definition) is 6. The van der Waals surface area contributed by atoms with E-state index >= 15 is 0 Å². The van der Waals surface area contributed by atoms with Crippen molar-refractivity contribution in [1.29, 1.82) is 5.26 Å². The number of Topliss-reactive ketones (excluding diaryl/α,β-unsaturated/α-hetero) is 1. The normalized spacial score (nSPS) is 18.3. The summed E-state index contributed by atoms with van der Waals surface area (Å²) in [6.45, 7) is 9.99. The van der Waals surface area contributed by atoms with Crippen molar-refractivity contribution < 1.29 is 22.7 Å². The van der Waals surface area contributed by atoms with E-state index in [1.807, 2.05) is 58.9 Å². The first-order valence-electron chi connectivity index (χ1n) is 12.7. The number of sulfonamides is 1. The van der Waals surface area contributed by atoms with Crippen molar-refractivity contribution in [3.63, 3.8) is 0 Å². The van der Waals surface area contributed by atoms with Crippen molar-refractivity contribution in [2.24, 2.45) is 11.3 Å². The molecule has 0 aromatic heterocycles. The van der Waals surface area contributed by atoms with Gasteiger partial charge in [-0.05, 0) is 53.6 Å². The number of benzene rings is 2. The van der Waals surface area contributed by atoms with Crippen LogP contribution in [0.4, 0.5) is 0 Å². The van der Waals surface area contributed by atoms with Gasteiger partial charge >= 0.3 is 5.97 Å². The average Bonchev–Trinajstić information content (AvgIpc) is 3.07. The number of esters is 1. The van der Waals surface area contributed by atoms with Gasteiger partial charge in [0.2, 0.25) is 10.0 Å². The topological polar surface area (TPSA) is 113 Å². The van der Waals surface area contributed by atoms with Crippen LogP contribution in [0.1, 0.15) is 82.9 Å². The highest BCUT2D eigenvalue weighted by atomic mass is 32.2. The Kier molecular flexibility index (Phi) is 8.61. The lowest BCUT2D eigenvalue weighted by atomic mass is 9.66. The minimum absolute atomic E-state index is 0.0334. The van der Waals surface area contributed by atoms with Crippen molar-refractivity contribution in [1.82, 2.24) is 4.72 Å². The molecule has 0 radical (unpaired) electrons. The molecule has 1 heterocycles. The molecule has 1 aliphatic heterocycles. The van der Waals surface area contributed by atoms with Gasteiger partial charge in [0.25, 0.3) is 0 Å². The Balaban J connectivity index is 1.90. The van der Waals surface area contributed by atoms with Crippen molar-refractivity contribution in [3.8, 4) is 6.07 Å². The van der Waals surface area contributed by atoms with E-state index in [0.717, 1.165) is 18.4 Å². The van der Waals surface area contributed by atoms with E-state index in [2.05, 4.69) is 4.72 Å². The third-order valence-corrected chi connectivity index (χ3v) is 8.34. The fourth-order valence-electron chi connectivity index (χ4n) is 5.32. The van der Waals surface area contributed by atoms with Crippen molar-refractivity contribution in [3.05, 3.63) is 65.2 Å². The van der Waals surface area contributed by atoms with Gasteiger partial charge in [0.15, 0.2) is 11.4 Å². The molecule has 1 saturated heterocycles. The Morgan fingerprint density at radius 1 is 1.05 bits per heavy atom. The Morgan fingerprint density at radius 3 is 2.22 bits per heavy atom. The second-order valence-electron chi connectivity index (χ2n) is 10.8. The molecule has 1 fully saturated rings. The van der Waals surface area contributed by atoms with Gasteiger partial charge < -0.3 is 4.74 Å². The van der Waals surface area contributed by atoms with Gasteiger partial charge in [0.1, 0.15) is 5.92 Å². The maximum absolute atomic E-state index is 13.8. The molecule has 37 heavy (non-hydrogen) atoms. The summed E-state index contributed by atoms with van der Waals surface area (Å²) in [7, 11) is -3.79. The van der Waals surface area contributed by atoms with Crippen LogP contribution >= 0.6 is 0 Å². The summed E-state index contributed by atoms with van der Waals surface area (Å²) < 4.78 is 34.0. The molecule has 8 heteroatoms. The standard InChI is InChI=1S/C29H36N2O5S/c1-6-15-29(16-7-2)26(32)24(27(33)36-29)25(28(3,4)5)22-10-8-9-21(17-22)19-31-37(34,35)23-13-11-20(18-30)12-14-23/h8-14,17,24-25,31H,6-7,15-16,19H2,1-5H3. The quantitative estimate of drug-likeness (QED) is 0.336. The molecular formula is C29H36N2O5S. The Hall–Kier alpha value is -3.02. The van der Waals surface area contributed by atoms with Crippen LogP contribution in [0.5, 0.6) is 0 Å². The Labute approximate surface area is 220 Å². The summed E-state index contributed by atoms with van der Waals surface area (Å²) in [6, 6.07) is 15.0. The number of carbonyl (C=O) groups excluding carboxylic acids is 2. The SMILES string of the molecule is CCCC1(CCC)OC(=O)C(C(c2cccc(CNS(=O)(=O)c3ccc(C#N)cc3)c2)C(C)(C)C)C1=O. The van der Waals surface area contributed by atoms with Crippen LogP contribution in [-0.2, 0) is 30.9 Å².